The van der Waals surface area contributed by atoms with Crippen molar-refractivity contribution in [2.75, 3.05) is 6.61 Å². The molecule has 0 N–H and O–H groups in total. The fraction of sp³-hybridized carbons (Fsp3) is 0.167. The highest BCUT2D eigenvalue weighted by atomic mass is 32.1. The van der Waals surface area contributed by atoms with Crippen molar-refractivity contribution < 1.29 is 4.74 Å². The van der Waals surface area contributed by atoms with Gasteiger partial charge in [-0.25, -0.2) is 4.98 Å². The number of hydrogen-bond acceptors (Lipinski definition) is 4. The fourth-order valence-electron chi connectivity index (χ4n) is 1.29. The molecule has 0 saturated carbocycles. The Kier molecular flexibility index (Phi) is 3.52. The van der Waals surface area contributed by atoms with Crippen molar-refractivity contribution >= 4 is 11.3 Å². The van der Waals surface area contributed by atoms with Crippen LogP contribution in [0.2, 0.25) is 0 Å². The van der Waals surface area contributed by atoms with Gasteiger partial charge < -0.3 is 4.74 Å². The molecule has 0 aliphatic carbocycles. The molecule has 3 nitrogen and oxygen atoms in total. The van der Waals surface area contributed by atoms with E-state index in [0.717, 1.165) is 6.42 Å². The van der Waals surface area contributed by atoms with Crippen LogP contribution in [0, 0.1) is 11.3 Å². The van der Waals surface area contributed by atoms with Gasteiger partial charge in [0.05, 0.1) is 6.61 Å². The third-order valence-electron chi connectivity index (χ3n) is 2.04. The van der Waals surface area contributed by atoms with Gasteiger partial charge in [-0.1, -0.05) is 6.07 Å². The first-order valence-corrected chi connectivity index (χ1v) is 5.78. The van der Waals surface area contributed by atoms with Crippen LogP contribution in [0.3, 0.4) is 0 Å². The summed E-state index contributed by atoms with van der Waals surface area (Å²) in [6.07, 6.45) is 2.47. The predicted octanol–water partition coefficient (Wildman–Crippen LogP) is 2.64. The minimum atomic E-state index is 0.383. The second kappa shape index (κ2) is 5.29. The molecule has 16 heavy (non-hydrogen) atoms. The van der Waals surface area contributed by atoms with Crippen LogP contribution >= 0.6 is 11.3 Å². The van der Waals surface area contributed by atoms with Gasteiger partial charge in [-0.3, -0.25) is 0 Å². The smallest absolute Gasteiger partial charge is 0.144 e. The van der Waals surface area contributed by atoms with Crippen molar-refractivity contribution in [3.05, 3.63) is 46.4 Å². The second-order valence-corrected chi connectivity index (χ2v) is 4.20. The van der Waals surface area contributed by atoms with Gasteiger partial charge in [0.25, 0.3) is 0 Å². The van der Waals surface area contributed by atoms with E-state index in [1.54, 1.807) is 29.7 Å². The topological polar surface area (TPSA) is 45.9 Å². The van der Waals surface area contributed by atoms with Gasteiger partial charge in [0, 0.05) is 23.6 Å². The Labute approximate surface area is 97.9 Å². The lowest BCUT2D eigenvalue weighted by Gasteiger charge is -2.04. The lowest BCUT2D eigenvalue weighted by Crippen LogP contribution is -2.00. The number of nitrogens with zero attached hydrogens (tertiary/aromatic N) is 2. The van der Waals surface area contributed by atoms with Gasteiger partial charge in [-0.2, -0.15) is 5.26 Å². The first kappa shape index (κ1) is 10.7. The van der Waals surface area contributed by atoms with Gasteiger partial charge in [0.15, 0.2) is 0 Å². The Hall–Kier alpha value is -1.86. The number of nitriles is 1. The summed E-state index contributed by atoms with van der Waals surface area (Å²) in [5.41, 5.74) is 0.383. The van der Waals surface area contributed by atoms with E-state index in [9.17, 15) is 0 Å². The number of hydrogen-bond donors (Lipinski definition) is 0. The molecule has 4 heteroatoms. The van der Waals surface area contributed by atoms with Crippen LogP contribution in [0.4, 0.5) is 0 Å². The molecule has 0 radical (unpaired) electrons. The third kappa shape index (κ3) is 2.81. The Morgan fingerprint density at radius 2 is 2.38 bits per heavy atom. The predicted molar refractivity (Wildman–Crippen MR) is 62.5 cm³/mol. The van der Waals surface area contributed by atoms with E-state index in [1.807, 2.05) is 12.1 Å². The van der Waals surface area contributed by atoms with Crippen molar-refractivity contribution in [1.29, 1.82) is 5.26 Å². The number of pyridine rings is 1. The largest absolute Gasteiger partial charge is 0.493 e. The molecule has 0 aromatic carbocycles. The molecule has 0 aliphatic rings. The van der Waals surface area contributed by atoms with E-state index < -0.39 is 0 Å². The van der Waals surface area contributed by atoms with Crippen LogP contribution in [0.1, 0.15) is 10.6 Å². The molecule has 0 bridgehead atoms. The normalized spacial score (nSPS) is 9.69. The highest BCUT2D eigenvalue weighted by Gasteiger charge is 1.98. The van der Waals surface area contributed by atoms with Crippen molar-refractivity contribution in [3.8, 4) is 11.8 Å². The molecule has 0 atom stereocenters. The first-order valence-electron chi connectivity index (χ1n) is 4.90. The van der Waals surface area contributed by atoms with Gasteiger partial charge in [0.2, 0.25) is 0 Å². The van der Waals surface area contributed by atoms with Crippen LogP contribution in [0.25, 0.3) is 0 Å². The maximum atomic E-state index is 8.67. The zero-order chi connectivity index (χ0) is 11.2. The molecule has 0 spiro atoms. The summed E-state index contributed by atoms with van der Waals surface area (Å²) < 4.78 is 5.54. The maximum Gasteiger partial charge on any atom is 0.144 e. The van der Waals surface area contributed by atoms with Crippen molar-refractivity contribution in [1.82, 2.24) is 4.98 Å². The zero-order valence-corrected chi connectivity index (χ0v) is 9.41. The average Bonchev–Trinajstić information content (AvgIpc) is 2.82. The fourth-order valence-corrected chi connectivity index (χ4v) is 1.98. The number of thiophene rings is 1. The zero-order valence-electron chi connectivity index (χ0n) is 8.59. The van der Waals surface area contributed by atoms with Crippen molar-refractivity contribution in [2.45, 2.75) is 6.42 Å². The second-order valence-electron chi connectivity index (χ2n) is 3.17. The molecule has 0 fully saturated rings. The summed E-state index contributed by atoms with van der Waals surface area (Å²) in [4.78, 5) is 5.18. The lowest BCUT2D eigenvalue weighted by atomic mass is 10.3. The van der Waals surface area contributed by atoms with E-state index in [2.05, 4.69) is 16.4 Å². The average molecular weight is 230 g/mol. The Morgan fingerprint density at radius 3 is 3.12 bits per heavy atom. The molecule has 0 unspecified atom stereocenters. The SMILES string of the molecule is N#Cc1cc(OCCc2cccs2)ccn1. The minimum absolute atomic E-state index is 0.383. The molecule has 2 aromatic heterocycles. The van der Waals surface area contributed by atoms with Crippen molar-refractivity contribution in [3.63, 3.8) is 0 Å². The van der Waals surface area contributed by atoms with Crippen molar-refractivity contribution in [2.24, 2.45) is 0 Å². The maximum absolute atomic E-state index is 8.67. The molecule has 0 aliphatic heterocycles. The molecule has 2 rings (SSSR count). The molecule has 0 saturated heterocycles. The van der Waals surface area contributed by atoms with E-state index in [0.29, 0.717) is 18.1 Å². The Bertz CT molecular complexity index is 488. The van der Waals surface area contributed by atoms with E-state index in [1.165, 1.54) is 4.88 Å². The van der Waals surface area contributed by atoms with Gasteiger partial charge >= 0.3 is 0 Å². The molecule has 2 heterocycles. The summed E-state index contributed by atoms with van der Waals surface area (Å²) in [6, 6.07) is 9.50. The lowest BCUT2D eigenvalue weighted by molar-refractivity contribution is 0.322. The number of aromatic nitrogens is 1. The summed E-state index contributed by atoms with van der Waals surface area (Å²) in [5, 5.41) is 10.7. The van der Waals surface area contributed by atoms with Crippen LogP contribution < -0.4 is 4.74 Å². The highest BCUT2D eigenvalue weighted by molar-refractivity contribution is 7.09. The van der Waals surface area contributed by atoms with Crippen LogP contribution in [0.15, 0.2) is 35.8 Å². The van der Waals surface area contributed by atoms with Gasteiger partial charge in [-0.15, -0.1) is 11.3 Å². The number of ether oxygens (including phenoxy) is 1. The third-order valence-corrected chi connectivity index (χ3v) is 2.98. The molecular formula is C12H10N2OS. The summed E-state index contributed by atoms with van der Waals surface area (Å²) in [5.74, 6) is 0.697. The first-order chi connectivity index (χ1) is 7.88. The Morgan fingerprint density at radius 1 is 1.44 bits per heavy atom. The van der Waals surface area contributed by atoms with E-state index in [4.69, 9.17) is 10.00 Å². The Balaban J connectivity index is 1.88. The van der Waals surface area contributed by atoms with Crippen LogP contribution in [0.5, 0.6) is 5.75 Å². The molecule has 2 aromatic rings. The summed E-state index contributed by atoms with van der Waals surface area (Å²) >= 11 is 1.72. The standard InChI is InChI=1S/C12H10N2OS/c13-9-10-8-11(3-5-14-10)15-6-4-12-2-1-7-16-12/h1-3,5,7-8H,4,6H2. The van der Waals surface area contributed by atoms with E-state index in [-0.39, 0.29) is 0 Å². The summed E-state index contributed by atoms with van der Waals surface area (Å²) in [6.45, 7) is 0.620. The molecule has 0 amide bonds. The quantitative estimate of drug-likeness (QED) is 0.811. The molecular weight excluding hydrogens is 220 g/mol. The monoisotopic (exact) mass is 230 g/mol. The van der Waals surface area contributed by atoms with Crippen LogP contribution in [-0.2, 0) is 6.42 Å². The van der Waals surface area contributed by atoms with E-state index >= 15 is 0 Å². The summed E-state index contributed by atoms with van der Waals surface area (Å²) in [7, 11) is 0. The molecule has 80 valence electrons. The van der Waals surface area contributed by atoms with Gasteiger partial charge in [-0.05, 0) is 17.5 Å². The minimum Gasteiger partial charge on any atom is -0.493 e. The highest BCUT2D eigenvalue weighted by Crippen LogP contribution is 2.13. The van der Waals surface area contributed by atoms with Crippen LogP contribution in [-0.4, -0.2) is 11.6 Å². The van der Waals surface area contributed by atoms with Gasteiger partial charge in [0.1, 0.15) is 17.5 Å². The number of rotatable bonds is 4.